The number of sulfonamides is 1. The van der Waals surface area contributed by atoms with Crippen molar-refractivity contribution in [2.45, 2.75) is 37.2 Å². The van der Waals surface area contributed by atoms with E-state index in [1.807, 2.05) is 17.9 Å². The quantitative estimate of drug-likeness (QED) is 0.814. The third-order valence-corrected chi connectivity index (χ3v) is 6.92. The summed E-state index contributed by atoms with van der Waals surface area (Å²) in [5.74, 6) is 0.424. The average molecular weight is 366 g/mol. The standard InChI is InChI=1S/C18H26N2O4S/c1-15-14-19(11-12-24-15)18(21)13-16-7-9-20(10-8-16)25(22,23)17-5-3-2-4-6-17/h2-6,15-16H,7-14H2,1H3. The van der Waals surface area contributed by atoms with Crippen LogP contribution in [0.5, 0.6) is 0 Å². The number of piperidine rings is 1. The van der Waals surface area contributed by atoms with Crippen LogP contribution in [-0.2, 0) is 19.6 Å². The van der Waals surface area contributed by atoms with Crippen molar-refractivity contribution in [2.75, 3.05) is 32.8 Å². The molecule has 0 saturated carbocycles. The summed E-state index contributed by atoms with van der Waals surface area (Å²) in [6.45, 7) is 4.85. The van der Waals surface area contributed by atoms with Crippen molar-refractivity contribution in [2.24, 2.45) is 5.92 Å². The number of carbonyl (C=O) groups excluding carboxylic acids is 1. The first kappa shape index (κ1) is 18.4. The number of benzene rings is 1. The lowest BCUT2D eigenvalue weighted by molar-refractivity contribution is -0.139. The average Bonchev–Trinajstić information content (AvgIpc) is 2.63. The van der Waals surface area contributed by atoms with Gasteiger partial charge in [0.1, 0.15) is 0 Å². The van der Waals surface area contributed by atoms with Crippen molar-refractivity contribution in [1.82, 2.24) is 9.21 Å². The zero-order chi connectivity index (χ0) is 17.9. The maximum absolute atomic E-state index is 12.6. The van der Waals surface area contributed by atoms with Gasteiger partial charge in [0.05, 0.1) is 17.6 Å². The molecule has 138 valence electrons. The van der Waals surface area contributed by atoms with E-state index in [0.717, 1.165) is 12.8 Å². The second-order valence-electron chi connectivity index (χ2n) is 6.89. The van der Waals surface area contributed by atoms with Crippen molar-refractivity contribution in [3.05, 3.63) is 30.3 Å². The number of amides is 1. The van der Waals surface area contributed by atoms with Crippen LogP contribution in [0, 0.1) is 5.92 Å². The monoisotopic (exact) mass is 366 g/mol. The Kier molecular flexibility index (Phi) is 5.76. The van der Waals surface area contributed by atoms with Crippen LogP contribution in [0.4, 0.5) is 0 Å². The zero-order valence-corrected chi connectivity index (χ0v) is 15.5. The summed E-state index contributed by atoms with van der Waals surface area (Å²) >= 11 is 0. The molecule has 1 amide bonds. The van der Waals surface area contributed by atoms with Gasteiger partial charge in [0.2, 0.25) is 15.9 Å². The van der Waals surface area contributed by atoms with Crippen molar-refractivity contribution in [3.63, 3.8) is 0 Å². The van der Waals surface area contributed by atoms with Gasteiger partial charge in [-0.1, -0.05) is 18.2 Å². The summed E-state index contributed by atoms with van der Waals surface area (Å²) < 4.78 is 32.3. The molecule has 2 heterocycles. The molecular formula is C18H26N2O4S. The van der Waals surface area contributed by atoms with E-state index < -0.39 is 10.0 Å². The van der Waals surface area contributed by atoms with E-state index in [9.17, 15) is 13.2 Å². The summed E-state index contributed by atoms with van der Waals surface area (Å²) in [4.78, 5) is 14.7. The number of nitrogens with zero attached hydrogens (tertiary/aromatic N) is 2. The molecule has 1 atom stereocenters. The minimum Gasteiger partial charge on any atom is -0.375 e. The van der Waals surface area contributed by atoms with Crippen LogP contribution in [0.3, 0.4) is 0 Å². The van der Waals surface area contributed by atoms with Crippen molar-refractivity contribution in [3.8, 4) is 0 Å². The second kappa shape index (κ2) is 7.85. The molecule has 0 N–H and O–H groups in total. The molecular weight excluding hydrogens is 340 g/mol. The van der Waals surface area contributed by atoms with E-state index in [1.54, 1.807) is 28.6 Å². The lowest BCUT2D eigenvalue weighted by atomic mass is 9.94. The normalized spacial score (nSPS) is 23.6. The van der Waals surface area contributed by atoms with Crippen LogP contribution in [0.2, 0.25) is 0 Å². The van der Waals surface area contributed by atoms with E-state index in [1.165, 1.54) is 0 Å². The molecule has 0 aromatic heterocycles. The SMILES string of the molecule is CC1CN(C(=O)CC2CCN(S(=O)(=O)c3ccccc3)CC2)CCO1. The third-order valence-electron chi connectivity index (χ3n) is 5.01. The molecule has 1 aromatic rings. The Balaban J connectivity index is 1.53. The first-order valence-electron chi connectivity index (χ1n) is 8.91. The van der Waals surface area contributed by atoms with Gasteiger partial charge >= 0.3 is 0 Å². The summed E-state index contributed by atoms with van der Waals surface area (Å²) in [5.41, 5.74) is 0. The van der Waals surface area contributed by atoms with E-state index in [4.69, 9.17) is 4.74 Å². The van der Waals surface area contributed by atoms with Gasteiger partial charge in [-0.05, 0) is 37.8 Å². The van der Waals surface area contributed by atoms with Crippen LogP contribution in [0.15, 0.2) is 35.2 Å². The first-order chi connectivity index (χ1) is 12.0. The Hall–Kier alpha value is -1.44. The van der Waals surface area contributed by atoms with E-state index in [2.05, 4.69) is 0 Å². The molecule has 1 unspecified atom stereocenters. The highest BCUT2D eigenvalue weighted by Crippen LogP contribution is 2.26. The van der Waals surface area contributed by atoms with Gasteiger partial charge in [-0.2, -0.15) is 4.31 Å². The molecule has 0 spiro atoms. The fourth-order valence-electron chi connectivity index (χ4n) is 3.52. The molecule has 2 aliphatic heterocycles. The highest BCUT2D eigenvalue weighted by Gasteiger charge is 2.31. The second-order valence-corrected chi connectivity index (χ2v) is 8.82. The molecule has 2 aliphatic rings. The van der Waals surface area contributed by atoms with Crippen LogP contribution in [0.25, 0.3) is 0 Å². The number of ether oxygens (including phenoxy) is 1. The minimum atomic E-state index is -3.42. The smallest absolute Gasteiger partial charge is 0.243 e. The third kappa shape index (κ3) is 4.40. The van der Waals surface area contributed by atoms with Crippen LogP contribution >= 0.6 is 0 Å². The Morgan fingerprint density at radius 2 is 1.84 bits per heavy atom. The Morgan fingerprint density at radius 1 is 1.16 bits per heavy atom. The Morgan fingerprint density at radius 3 is 2.48 bits per heavy atom. The number of morpholine rings is 1. The molecule has 0 bridgehead atoms. The number of hydrogen-bond acceptors (Lipinski definition) is 4. The Bertz CT molecular complexity index is 684. The van der Waals surface area contributed by atoms with E-state index in [-0.39, 0.29) is 17.9 Å². The summed E-state index contributed by atoms with van der Waals surface area (Å²) in [6, 6.07) is 8.54. The van der Waals surface area contributed by atoms with Crippen LogP contribution < -0.4 is 0 Å². The van der Waals surface area contributed by atoms with Crippen LogP contribution in [0.1, 0.15) is 26.2 Å². The van der Waals surface area contributed by atoms with Gasteiger partial charge in [0, 0.05) is 32.6 Å². The number of carbonyl (C=O) groups is 1. The predicted molar refractivity (Wildman–Crippen MR) is 94.5 cm³/mol. The number of rotatable bonds is 4. The fraction of sp³-hybridized carbons (Fsp3) is 0.611. The molecule has 2 saturated heterocycles. The maximum Gasteiger partial charge on any atom is 0.243 e. The first-order valence-corrected chi connectivity index (χ1v) is 10.4. The molecule has 3 rings (SSSR count). The largest absolute Gasteiger partial charge is 0.375 e. The van der Waals surface area contributed by atoms with Crippen molar-refractivity contribution >= 4 is 15.9 Å². The topological polar surface area (TPSA) is 66.9 Å². The molecule has 25 heavy (non-hydrogen) atoms. The molecule has 7 heteroatoms. The fourth-order valence-corrected chi connectivity index (χ4v) is 5.01. The van der Waals surface area contributed by atoms with Crippen molar-refractivity contribution in [1.29, 1.82) is 0 Å². The van der Waals surface area contributed by atoms with Crippen molar-refractivity contribution < 1.29 is 17.9 Å². The Labute approximate surface area is 149 Å². The van der Waals surface area contributed by atoms with E-state index in [0.29, 0.717) is 44.1 Å². The zero-order valence-electron chi connectivity index (χ0n) is 14.6. The summed E-state index contributed by atoms with van der Waals surface area (Å²) in [5, 5.41) is 0. The molecule has 2 fully saturated rings. The highest BCUT2D eigenvalue weighted by atomic mass is 32.2. The molecule has 0 radical (unpaired) electrons. The minimum absolute atomic E-state index is 0.0931. The van der Waals surface area contributed by atoms with Gasteiger partial charge < -0.3 is 9.64 Å². The van der Waals surface area contributed by atoms with Crippen LogP contribution in [-0.4, -0.2) is 62.4 Å². The van der Waals surface area contributed by atoms with Gasteiger partial charge in [0.25, 0.3) is 0 Å². The summed E-state index contributed by atoms with van der Waals surface area (Å²) in [6.07, 6.45) is 2.07. The van der Waals surface area contributed by atoms with Gasteiger partial charge in [-0.15, -0.1) is 0 Å². The van der Waals surface area contributed by atoms with E-state index >= 15 is 0 Å². The lowest BCUT2D eigenvalue weighted by Gasteiger charge is -2.34. The predicted octanol–water partition coefficient (Wildman–Crippen LogP) is 1.72. The maximum atomic E-state index is 12.6. The van der Waals surface area contributed by atoms with Gasteiger partial charge in [-0.3, -0.25) is 4.79 Å². The lowest BCUT2D eigenvalue weighted by Crippen LogP contribution is -2.46. The summed E-state index contributed by atoms with van der Waals surface area (Å²) in [7, 11) is -3.42. The molecule has 6 nitrogen and oxygen atoms in total. The highest BCUT2D eigenvalue weighted by molar-refractivity contribution is 7.89. The van der Waals surface area contributed by atoms with Gasteiger partial charge in [0.15, 0.2) is 0 Å². The number of hydrogen-bond donors (Lipinski definition) is 0. The van der Waals surface area contributed by atoms with Gasteiger partial charge in [-0.25, -0.2) is 8.42 Å². The molecule has 0 aliphatic carbocycles. The molecule has 1 aromatic carbocycles.